The second-order valence-electron chi connectivity index (χ2n) is 7.88. The molecular formula is C19H38O2. The van der Waals surface area contributed by atoms with Crippen LogP contribution in [0.1, 0.15) is 79.6 Å². The van der Waals surface area contributed by atoms with Crippen LogP contribution in [0.25, 0.3) is 0 Å². The van der Waals surface area contributed by atoms with Crippen molar-refractivity contribution in [1.29, 1.82) is 0 Å². The van der Waals surface area contributed by atoms with Crippen LogP contribution in [0.2, 0.25) is 0 Å². The van der Waals surface area contributed by atoms with Crippen molar-refractivity contribution in [2.45, 2.75) is 91.8 Å². The Morgan fingerprint density at radius 3 is 2.14 bits per heavy atom. The van der Waals surface area contributed by atoms with Gasteiger partial charge < -0.3 is 9.84 Å². The van der Waals surface area contributed by atoms with Crippen LogP contribution in [-0.2, 0) is 4.74 Å². The number of aliphatic hydroxyl groups excluding tert-OH is 1. The van der Waals surface area contributed by atoms with Gasteiger partial charge in [0.2, 0.25) is 0 Å². The van der Waals surface area contributed by atoms with E-state index in [0.717, 1.165) is 30.1 Å². The average molecular weight is 299 g/mol. The lowest BCUT2D eigenvalue weighted by atomic mass is 9.75. The Kier molecular flexibility index (Phi) is 8.89. The van der Waals surface area contributed by atoms with E-state index >= 15 is 0 Å². The number of hydrogen-bond acceptors (Lipinski definition) is 2. The van der Waals surface area contributed by atoms with E-state index in [-0.39, 0.29) is 6.10 Å². The molecule has 126 valence electrons. The van der Waals surface area contributed by atoms with Crippen LogP contribution in [0, 0.1) is 23.7 Å². The zero-order chi connectivity index (χ0) is 15.8. The van der Waals surface area contributed by atoms with Crippen molar-refractivity contribution in [3.8, 4) is 0 Å². The van der Waals surface area contributed by atoms with Gasteiger partial charge in [-0.3, -0.25) is 0 Å². The molecule has 0 bridgehead atoms. The molecule has 1 aliphatic rings. The van der Waals surface area contributed by atoms with Crippen LogP contribution < -0.4 is 0 Å². The predicted molar refractivity (Wildman–Crippen MR) is 90.4 cm³/mol. The summed E-state index contributed by atoms with van der Waals surface area (Å²) in [5.41, 5.74) is 0. The van der Waals surface area contributed by atoms with Crippen molar-refractivity contribution >= 4 is 0 Å². The SMILES string of the molecule is CCC(O)COC1CCC(C(C)CC(C)CC(C)C)CC1. The van der Waals surface area contributed by atoms with Gasteiger partial charge in [0.25, 0.3) is 0 Å². The van der Waals surface area contributed by atoms with Gasteiger partial charge in [0.05, 0.1) is 18.8 Å². The Bertz CT molecular complexity index is 256. The van der Waals surface area contributed by atoms with Gasteiger partial charge in [0.1, 0.15) is 0 Å². The molecule has 1 N–H and O–H groups in total. The largest absolute Gasteiger partial charge is 0.391 e. The first-order chi connectivity index (χ1) is 9.92. The third-order valence-electron chi connectivity index (χ3n) is 5.17. The normalized spacial score (nSPS) is 27.6. The highest BCUT2D eigenvalue weighted by molar-refractivity contribution is 4.78. The van der Waals surface area contributed by atoms with Gasteiger partial charge in [-0.2, -0.15) is 0 Å². The van der Waals surface area contributed by atoms with Crippen molar-refractivity contribution in [2.24, 2.45) is 23.7 Å². The molecule has 0 heterocycles. The first kappa shape index (κ1) is 19.0. The molecule has 0 aromatic carbocycles. The van der Waals surface area contributed by atoms with E-state index < -0.39 is 0 Å². The molecule has 0 spiro atoms. The minimum atomic E-state index is -0.279. The van der Waals surface area contributed by atoms with Gasteiger partial charge in [-0.1, -0.05) is 34.6 Å². The van der Waals surface area contributed by atoms with Crippen LogP contribution in [-0.4, -0.2) is 23.9 Å². The number of rotatable bonds is 9. The molecule has 0 radical (unpaired) electrons. The number of aliphatic hydroxyl groups is 1. The van der Waals surface area contributed by atoms with Crippen LogP contribution in [0.5, 0.6) is 0 Å². The summed E-state index contributed by atoms with van der Waals surface area (Å²) in [5.74, 6) is 3.41. The molecule has 1 rings (SSSR count). The molecule has 1 saturated carbocycles. The summed E-state index contributed by atoms with van der Waals surface area (Å²) < 4.78 is 5.85. The van der Waals surface area contributed by atoms with E-state index in [4.69, 9.17) is 4.74 Å². The fourth-order valence-corrected chi connectivity index (χ4v) is 3.92. The second kappa shape index (κ2) is 9.84. The molecule has 0 aliphatic heterocycles. The molecule has 2 nitrogen and oxygen atoms in total. The van der Waals surface area contributed by atoms with Crippen molar-refractivity contribution in [3.63, 3.8) is 0 Å². The van der Waals surface area contributed by atoms with Gasteiger partial charge in [-0.15, -0.1) is 0 Å². The fraction of sp³-hybridized carbons (Fsp3) is 1.00. The first-order valence-corrected chi connectivity index (χ1v) is 9.21. The van der Waals surface area contributed by atoms with E-state index in [1.165, 1.54) is 38.5 Å². The minimum absolute atomic E-state index is 0.279. The van der Waals surface area contributed by atoms with Gasteiger partial charge >= 0.3 is 0 Å². The smallest absolute Gasteiger partial charge is 0.0771 e. The maximum absolute atomic E-state index is 9.57. The van der Waals surface area contributed by atoms with Crippen molar-refractivity contribution in [3.05, 3.63) is 0 Å². The Morgan fingerprint density at radius 2 is 1.62 bits per heavy atom. The lowest BCUT2D eigenvalue weighted by molar-refractivity contribution is -0.0338. The van der Waals surface area contributed by atoms with Crippen molar-refractivity contribution in [1.82, 2.24) is 0 Å². The lowest BCUT2D eigenvalue weighted by Crippen LogP contribution is -2.28. The van der Waals surface area contributed by atoms with Gasteiger partial charge in [0.15, 0.2) is 0 Å². The quantitative estimate of drug-likeness (QED) is 0.646. The fourth-order valence-electron chi connectivity index (χ4n) is 3.92. The molecular weight excluding hydrogens is 260 g/mol. The molecule has 0 saturated heterocycles. The maximum atomic E-state index is 9.57. The Balaban J connectivity index is 2.22. The molecule has 1 aliphatic carbocycles. The molecule has 0 aromatic rings. The van der Waals surface area contributed by atoms with Gasteiger partial charge in [0, 0.05) is 0 Å². The number of ether oxygens (including phenoxy) is 1. The summed E-state index contributed by atoms with van der Waals surface area (Å²) in [4.78, 5) is 0. The van der Waals surface area contributed by atoms with Gasteiger partial charge in [-0.25, -0.2) is 0 Å². The van der Waals surface area contributed by atoms with E-state index in [1.807, 2.05) is 6.92 Å². The first-order valence-electron chi connectivity index (χ1n) is 9.21. The summed E-state index contributed by atoms with van der Waals surface area (Å²) >= 11 is 0. The third-order valence-corrected chi connectivity index (χ3v) is 5.17. The Morgan fingerprint density at radius 1 is 1.00 bits per heavy atom. The highest BCUT2D eigenvalue weighted by atomic mass is 16.5. The van der Waals surface area contributed by atoms with E-state index in [1.54, 1.807) is 0 Å². The predicted octanol–water partition coefficient (Wildman–Crippen LogP) is 5.04. The summed E-state index contributed by atoms with van der Waals surface area (Å²) in [6.07, 6.45) is 8.63. The zero-order valence-corrected chi connectivity index (χ0v) is 15.0. The van der Waals surface area contributed by atoms with Crippen molar-refractivity contribution < 1.29 is 9.84 Å². The minimum Gasteiger partial charge on any atom is -0.391 e. The highest BCUT2D eigenvalue weighted by Crippen LogP contribution is 2.35. The monoisotopic (exact) mass is 298 g/mol. The van der Waals surface area contributed by atoms with Crippen LogP contribution in [0.4, 0.5) is 0 Å². The molecule has 0 aromatic heterocycles. The van der Waals surface area contributed by atoms with Crippen LogP contribution in [0.3, 0.4) is 0 Å². The Labute approximate surface area is 132 Å². The summed E-state index contributed by atoms with van der Waals surface area (Å²) in [6.45, 7) is 12.0. The zero-order valence-electron chi connectivity index (χ0n) is 15.0. The van der Waals surface area contributed by atoms with Crippen LogP contribution >= 0.6 is 0 Å². The third kappa shape index (κ3) is 7.65. The summed E-state index contributed by atoms with van der Waals surface area (Å²) in [6, 6.07) is 0. The van der Waals surface area contributed by atoms with Gasteiger partial charge in [-0.05, 0) is 68.6 Å². The van der Waals surface area contributed by atoms with E-state index in [9.17, 15) is 5.11 Å². The molecule has 21 heavy (non-hydrogen) atoms. The maximum Gasteiger partial charge on any atom is 0.0771 e. The number of hydrogen-bond donors (Lipinski definition) is 1. The van der Waals surface area contributed by atoms with Crippen molar-refractivity contribution in [2.75, 3.05) is 6.61 Å². The molecule has 3 atom stereocenters. The Hall–Kier alpha value is -0.0800. The molecule has 2 heteroatoms. The lowest BCUT2D eigenvalue weighted by Gasteiger charge is -2.33. The molecule has 1 fully saturated rings. The molecule has 3 unspecified atom stereocenters. The van der Waals surface area contributed by atoms with E-state index in [2.05, 4.69) is 27.7 Å². The topological polar surface area (TPSA) is 29.5 Å². The van der Waals surface area contributed by atoms with E-state index in [0.29, 0.717) is 12.7 Å². The highest BCUT2D eigenvalue weighted by Gasteiger charge is 2.26. The summed E-state index contributed by atoms with van der Waals surface area (Å²) in [7, 11) is 0. The average Bonchev–Trinajstić information content (AvgIpc) is 2.44. The van der Waals surface area contributed by atoms with Crippen LogP contribution in [0.15, 0.2) is 0 Å². The summed E-state index contributed by atoms with van der Waals surface area (Å²) in [5, 5.41) is 9.57. The second-order valence-corrected chi connectivity index (χ2v) is 7.88. The standard InChI is InChI=1S/C19H38O2/c1-6-18(20)13-21-19-9-7-17(8-10-19)16(5)12-15(4)11-14(2)3/h14-20H,6-13H2,1-5H3. The molecule has 0 amide bonds.